The summed E-state index contributed by atoms with van der Waals surface area (Å²) in [5.41, 5.74) is 0. The first-order valence-electron chi connectivity index (χ1n) is 5.11. The summed E-state index contributed by atoms with van der Waals surface area (Å²) in [7, 11) is -4.00. The topological polar surface area (TPSA) is 134 Å². The molecule has 1 aromatic rings. The highest BCUT2D eigenvalue weighted by Gasteiger charge is 2.27. The molecule has 1 aromatic heterocycles. The smallest absolute Gasteiger partial charge is 0.321 e. The van der Waals surface area contributed by atoms with Gasteiger partial charge >= 0.3 is 11.9 Å². The number of carbonyl (C=O) groups is 2. The summed E-state index contributed by atoms with van der Waals surface area (Å²) in [4.78, 5) is 25.0. The van der Waals surface area contributed by atoms with Crippen molar-refractivity contribution in [1.82, 2.24) is 9.71 Å². The third-order valence-electron chi connectivity index (χ3n) is 2.11. The number of hydrogen-bond acceptors (Lipinski definition) is 6. The monoisotopic (exact) mass is 308 g/mol. The Morgan fingerprint density at radius 3 is 2.53 bits per heavy atom. The van der Waals surface area contributed by atoms with Crippen molar-refractivity contribution in [2.24, 2.45) is 0 Å². The van der Waals surface area contributed by atoms with Crippen molar-refractivity contribution in [1.29, 1.82) is 0 Å². The summed E-state index contributed by atoms with van der Waals surface area (Å²) in [6, 6.07) is -1.48. The Morgan fingerprint density at radius 1 is 1.47 bits per heavy atom. The van der Waals surface area contributed by atoms with Crippen LogP contribution in [0.5, 0.6) is 0 Å². The Balaban J connectivity index is 2.84. The molecule has 0 saturated carbocycles. The molecule has 0 bridgehead atoms. The summed E-state index contributed by atoms with van der Waals surface area (Å²) in [5.74, 6) is -2.62. The average Bonchev–Trinajstić information content (AvgIpc) is 2.71. The SMILES string of the molecule is Cc1ncc(S(=O)(=O)N[C@@H](CCC(=O)O)C(=O)O)s1. The Bertz CT molecular complexity index is 579. The van der Waals surface area contributed by atoms with E-state index < -0.39 is 34.4 Å². The van der Waals surface area contributed by atoms with Crippen LogP contribution in [0.15, 0.2) is 10.4 Å². The number of hydrogen-bond donors (Lipinski definition) is 3. The molecule has 10 heteroatoms. The highest BCUT2D eigenvalue weighted by atomic mass is 32.2. The molecule has 106 valence electrons. The van der Waals surface area contributed by atoms with Crippen molar-refractivity contribution in [2.45, 2.75) is 30.0 Å². The largest absolute Gasteiger partial charge is 0.481 e. The quantitative estimate of drug-likeness (QED) is 0.647. The highest BCUT2D eigenvalue weighted by Crippen LogP contribution is 2.18. The van der Waals surface area contributed by atoms with Crippen LogP contribution in [0.3, 0.4) is 0 Å². The lowest BCUT2D eigenvalue weighted by Gasteiger charge is -2.12. The van der Waals surface area contributed by atoms with Crippen LogP contribution >= 0.6 is 11.3 Å². The summed E-state index contributed by atoms with van der Waals surface area (Å²) >= 11 is 0.902. The predicted molar refractivity (Wildman–Crippen MR) is 65.5 cm³/mol. The van der Waals surface area contributed by atoms with E-state index in [0.717, 1.165) is 17.5 Å². The predicted octanol–water partition coefficient (Wildman–Crippen LogP) is 0.0478. The maximum absolute atomic E-state index is 11.9. The zero-order chi connectivity index (χ0) is 14.6. The molecule has 8 nitrogen and oxygen atoms in total. The van der Waals surface area contributed by atoms with Crippen molar-refractivity contribution in [3.63, 3.8) is 0 Å². The van der Waals surface area contributed by atoms with E-state index in [1.807, 2.05) is 4.72 Å². The number of carboxylic acid groups (broad SMARTS) is 2. The normalized spacial score (nSPS) is 13.1. The van der Waals surface area contributed by atoms with Gasteiger partial charge in [0.25, 0.3) is 10.0 Å². The van der Waals surface area contributed by atoms with Crippen LogP contribution in [0, 0.1) is 6.92 Å². The lowest BCUT2D eigenvalue weighted by Crippen LogP contribution is -2.40. The number of nitrogens with one attached hydrogen (secondary N) is 1. The first-order chi connectivity index (χ1) is 8.72. The minimum absolute atomic E-state index is 0.105. The molecule has 0 aliphatic rings. The molecule has 0 aliphatic carbocycles. The number of aromatic nitrogens is 1. The van der Waals surface area contributed by atoms with Crippen LogP contribution in [-0.4, -0.2) is 41.6 Å². The molecule has 0 unspecified atom stereocenters. The fourth-order valence-electron chi connectivity index (χ4n) is 1.21. The van der Waals surface area contributed by atoms with Crippen LogP contribution < -0.4 is 4.72 Å². The first kappa shape index (κ1) is 15.5. The lowest BCUT2D eigenvalue weighted by atomic mass is 10.2. The standard InChI is InChI=1S/C9H12N2O6S2/c1-5-10-4-8(18-5)19(16,17)11-6(9(14)15)2-3-7(12)13/h4,6,11H,2-3H2,1H3,(H,12,13)(H,14,15)/t6-/m0/s1. The molecule has 0 saturated heterocycles. The maximum atomic E-state index is 11.9. The van der Waals surface area contributed by atoms with Gasteiger partial charge in [-0.2, -0.15) is 4.72 Å². The van der Waals surface area contributed by atoms with Gasteiger partial charge in [-0.1, -0.05) is 0 Å². The Kier molecular flexibility index (Phi) is 4.97. The molecule has 19 heavy (non-hydrogen) atoms. The van der Waals surface area contributed by atoms with Crippen molar-refractivity contribution in [2.75, 3.05) is 0 Å². The average molecular weight is 308 g/mol. The molecule has 0 spiro atoms. The van der Waals surface area contributed by atoms with E-state index in [1.54, 1.807) is 6.92 Å². The van der Waals surface area contributed by atoms with Gasteiger partial charge in [0.1, 0.15) is 6.04 Å². The van der Waals surface area contributed by atoms with Gasteiger partial charge in [0.15, 0.2) is 4.21 Å². The van der Waals surface area contributed by atoms with E-state index in [2.05, 4.69) is 4.98 Å². The van der Waals surface area contributed by atoms with Crippen LogP contribution in [0.1, 0.15) is 17.8 Å². The zero-order valence-corrected chi connectivity index (χ0v) is 11.5. The number of rotatable bonds is 7. The minimum atomic E-state index is -4.00. The third kappa shape index (κ3) is 4.58. The summed E-state index contributed by atoms with van der Waals surface area (Å²) in [6.07, 6.45) is 0.349. The molecule has 1 heterocycles. The van der Waals surface area contributed by atoms with Gasteiger partial charge in [-0.15, -0.1) is 11.3 Å². The van der Waals surface area contributed by atoms with Gasteiger partial charge in [0.2, 0.25) is 0 Å². The second-order valence-electron chi connectivity index (χ2n) is 3.64. The molecule has 0 radical (unpaired) electrons. The first-order valence-corrected chi connectivity index (χ1v) is 7.41. The number of sulfonamides is 1. The fraction of sp³-hybridized carbons (Fsp3) is 0.444. The number of nitrogens with zero attached hydrogens (tertiary/aromatic N) is 1. The molecule has 3 N–H and O–H groups in total. The molecule has 0 fully saturated rings. The van der Waals surface area contributed by atoms with Gasteiger partial charge < -0.3 is 10.2 Å². The van der Waals surface area contributed by atoms with E-state index in [9.17, 15) is 18.0 Å². The van der Waals surface area contributed by atoms with E-state index in [-0.39, 0.29) is 10.6 Å². The van der Waals surface area contributed by atoms with Crippen LogP contribution in [-0.2, 0) is 19.6 Å². The van der Waals surface area contributed by atoms with Gasteiger partial charge in [0.05, 0.1) is 11.2 Å². The van der Waals surface area contributed by atoms with Crippen molar-refractivity contribution in [3.8, 4) is 0 Å². The van der Waals surface area contributed by atoms with E-state index in [4.69, 9.17) is 10.2 Å². The Morgan fingerprint density at radius 2 is 2.11 bits per heavy atom. The van der Waals surface area contributed by atoms with Crippen molar-refractivity contribution < 1.29 is 28.2 Å². The fourth-order valence-corrected chi connectivity index (χ4v) is 3.56. The van der Waals surface area contributed by atoms with Crippen LogP contribution in [0.2, 0.25) is 0 Å². The van der Waals surface area contributed by atoms with E-state index in [0.29, 0.717) is 5.01 Å². The highest BCUT2D eigenvalue weighted by molar-refractivity contribution is 7.91. The minimum Gasteiger partial charge on any atom is -0.481 e. The van der Waals surface area contributed by atoms with Gasteiger partial charge in [0, 0.05) is 6.42 Å². The van der Waals surface area contributed by atoms with Gasteiger partial charge in [-0.05, 0) is 13.3 Å². The van der Waals surface area contributed by atoms with Crippen molar-refractivity contribution >= 4 is 33.3 Å². The summed E-state index contributed by atoms with van der Waals surface area (Å²) < 4.78 is 25.6. The van der Waals surface area contributed by atoms with Crippen LogP contribution in [0.25, 0.3) is 0 Å². The zero-order valence-electron chi connectivity index (χ0n) is 9.86. The molecule has 0 aliphatic heterocycles. The third-order valence-corrected chi connectivity index (χ3v) is 4.95. The van der Waals surface area contributed by atoms with E-state index >= 15 is 0 Å². The molecule has 0 aromatic carbocycles. The molecular weight excluding hydrogens is 296 g/mol. The number of carboxylic acids is 2. The second-order valence-corrected chi connectivity index (χ2v) is 6.82. The maximum Gasteiger partial charge on any atom is 0.321 e. The Hall–Kier alpha value is -1.52. The number of aliphatic carboxylic acids is 2. The van der Waals surface area contributed by atoms with E-state index in [1.165, 1.54) is 0 Å². The summed E-state index contributed by atoms with van der Waals surface area (Å²) in [5, 5.41) is 17.9. The molecule has 0 amide bonds. The van der Waals surface area contributed by atoms with Crippen molar-refractivity contribution in [3.05, 3.63) is 11.2 Å². The van der Waals surface area contributed by atoms with Gasteiger partial charge in [-0.25, -0.2) is 13.4 Å². The number of thiazole rings is 1. The molecule has 1 rings (SSSR count). The second kappa shape index (κ2) is 6.08. The lowest BCUT2D eigenvalue weighted by molar-refractivity contribution is -0.140. The molecule has 1 atom stereocenters. The number of aryl methyl sites for hydroxylation is 1. The van der Waals surface area contributed by atoms with Gasteiger partial charge in [-0.3, -0.25) is 9.59 Å². The Labute approximate surface area is 113 Å². The van der Waals surface area contributed by atoms with Crippen LogP contribution in [0.4, 0.5) is 0 Å². The summed E-state index contributed by atoms with van der Waals surface area (Å²) in [6.45, 7) is 1.61. The molecular formula is C9H12N2O6S2.